The molecule has 0 fully saturated rings. The van der Waals surface area contributed by atoms with Crippen LogP contribution in [0.2, 0.25) is 0 Å². The van der Waals surface area contributed by atoms with Gasteiger partial charge in [-0.05, 0) is 36.8 Å². The third kappa shape index (κ3) is 2.51. The Morgan fingerprint density at radius 3 is 2.22 bits per heavy atom. The molecule has 0 aliphatic carbocycles. The predicted octanol–water partition coefficient (Wildman–Crippen LogP) is 3.65. The molecule has 0 heterocycles. The molecule has 2 aromatic carbocycles. The van der Waals surface area contributed by atoms with Crippen molar-refractivity contribution in [3.8, 4) is 0 Å². The molecule has 0 unspecified atom stereocenters. The van der Waals surface area contributed by atoms with Crippen molar-refractivity contribution in [1.82, 2.24) is 0 Å². The lowest BCUT2D eigenvalue weighted by Gasteiger charge is -2.20. The van der Waals surface area contributed by atoms with Crippen LogP contribution in [0.1, 0.15) is 18.6 Å². The lowest BCUT2D eigenvalue weighted by molar-refractivity contribution is 0.199. The van der Waals surface area contributed by atoms with Crippen molar-refractivity contribution < 1.29 is 9.50 Å². The molecule has 94 valence electrons. The summed E-state index contributed by atoms with van der Waals surface area (Å²) in [5, 5.41) is 9.44. The van der Waals surface area contributed by atoms with Crippen molar-refractivity contribution in [3.05, 3.63) is 59.9 Å². The summed E-state index contributed by atoms with van der Waals surface area (Å²) in [5.41, 5.74) is 2.26. The number of nitrogens with zero attached hydrogens (tertiary/aromatic N) is 1. The summed E-state index contributed by atoms with van der Waals surface area (Å²) >= 11 is 0. The molecule has 1 atom stereocenters. The van der Waals surface area contributed by atoms with E-state index in [-0.39, 0.29) is 5.82 Å². The van der Waals surface area contributed by atoms with E-state index in [9.17, 15) is 9.50 Å². The molecule has 3 heteroatoms. The molecule has 2 aromatic rings. The number of rotatable bonds is 3. The van der Waals surface area contributed by atoms with Gasteiger partial charge in [-0.2, -0.15) is 0 Å². The second-order valence-corrected chi connectivity index (χ2v) is 4.28. The van der Waals surface area contributed by atoms with Crippen molar-refractivity contribution in [1.29, 1.82) is 0 Å². The van der Waals surface area contributed by atoms with Crippen LogP contribution in [-0.4, -0.2) is 12.2 Å². The molecule has 0 aromatic heterocycles. The van der Waals surface area contributed by atoms with Gasteiger partial charge in [0, 0.05) is 12.7 Å². The van der Waals surface area contributed by atoms with E-state index in [1.165, 1.54) is 6.07 Å². The van der Waals surface area contributed by atoms with Gasteiger partial charge in [-0.15, -0.1) is 0 Å². The van der Waals surface area contributed by atoms with Gasteiger partial charge in [0.2, 0.25) is 0 Å². The molecule has 0 amide bonds. The molecule has 0 aliphatic heterocycles. The van der Waals surface area contributed by atoms with E-state index in [0.717, 1.165) is 11.3 Å². The summed E-state index contributed by atoms with van der Waals surface area (Å²) in [6, 6.07) is 14.1. The normalized spacial score (nSPS) is 12.2. The molecule has 2 rings (SSSR count). The topological polar surface area (TPSA) is 23.5 Å². The Hall–Kier alpha value is -1.87. The molecule has 0 bridgehead atoms. The van der Waals surface area contributed by atoms with Crippen LogP contribution in [0.15, 0.2) is 48.5 Å². The lowest BCUT2D eigenvalue weighted by Crippen LogP contribution is -2.11. The van der Waals surface area contributed by atoms with Gasteiger partial charge >= 0.3 is 0 Å². The quantitative estimate of drug-likeness (QED) is 0.892. The van der Waals surface area contributed by atoms with Crippen LogP contribution in [0.3, 0.4) is 0 Å². The Labute approximate surface area is 106 Å². The molecule has 0 saturated carbocycles. The minimum Gasteiger partial charge on any atom is -0.389 e. The second kappa shape index (κ2) is 5.19. The Bertz CT molecular complexity index is 522. The minimum absolute atomic E-state index is 0.250. The summed E-state index contributed by atoms with van der Waals surface area (Å²) in [5.74, 6) is -0.250. The van der Waals surface area contributed by atoms with E-state index < -0.39 is 6.10 Å². The molecule has 0 saturated heterocycles. The molecule has 0 radical (unpaired) electrons. The summed E-state index contributed by atoms with van der Waals surface area (Å²) in [6.45, 7) is 1.72. The van der Waals surface area contributed by atoms with E-state index >= 15 is 0 Å². The largest absolute Gasteiger partial charge is 0.389 e. The van der Waals surface area contributed by atoms with Gasteiger partial charge in [-0.3, -0.25) is 0 Å². The van der Waals surface area contributed by atoms with Crippen LogP contribution < -0.4 is 4.90 Å². The molecule has 0 aliphatic rings. The lowest BCUT2D eigenvalue weighted by atomic mass is 10.1. The fourth-order valence-corrected chi connectivity index (χ4v) is 1.84. The van der Waals surface area contributed by atoms with Crippen LogP contribution >= 0.6 is 0 Å². The van der Waals surface area contributed by atoms with Gasteiger partial charge in [-0.1, -0.05) is 24.3 Å². The molecular weight excluding hydrogens is 229 g/mol. The second-order valence-electron chi connectivity index (χ2n) is 4.28. The van der Waals surface area contributed by atoms with Crippen molar-refractivity contribution >= 4 is 11.4 Å². The molecular formula is C15H16FNO. The summed E-state index contributed by atoms with van der Waals surface area (Å²) < 4.78 is 13.7. The number of hydrogen-bond donors (Lipinski definition) is 1. The predicted molar refractivity (Wildman–Crippen MR) is 71.5 cm³/mol. The molecule has 2 nitrogen and oxygen atoms in total. The Kier molecular flexibility index (Phi) is 3.63. The number of aliphatic hydroxyl groups is 1. The third-order valence-corrected chi connectivity index (χ3v) is 2.98. The van der Waals surface area contributed by atoms with Gasteiger partial charge in [0.15, 0.2) is 0 Å². The zero-order chi connectivity index (χ0) is 13.1. The van der Waals surface area contributed by atoms with Gasteiger partial charge in [0.05, 0.1) is 11.8 Å². The Balaban J connectivity index is 2.29. The maximum atomic E-state index is 13.7. The van der Waals surface area contributed by atoms with Crippen LogP contribution in [-0.2, 0) is 0 Å². The monoisotopic (exact) mass is 245 g/mol. The maximum absolute atomic E-state index is 13.7. The highest BCUT2D eigenvalue weighted by Crippen LogP contribution is 2.26. The van der Waals surface area contributed by atoms with Crippen LogP contribution in [0, 0.1) is 5.82 Å². The van der Waals surface area contributed by atoms with Gasteiger partial charge in [-0.25, -0.2) is 4.39 Å². The fourth-order valence-electron chi connectivity index (χ4n) is 1.84. The van der Waals surface area contributed by atoms with E-state index in [2.05, 4.69) is 0 Å². The van der Waals surface area contributed by atoms with Gasteiger partial charge in [0.1, 0.15) is 5.82 Å². The highest BCUT2D eigenvalue weighted by atomic mass is 19.1. The van der Waals surface area contributed by atoms with Crippen LogP contribution in [0.25, 0.3) is 0 Å². The standard InChI is InChI=1S/C15H16FNO/c1-11(18)12-7-9-13(10-8-12)17(2)15-6-4-3-5-14(15)16/h3-11,18H,1-2H3/t11-/m0/s1. The number of benzene rings is 2. The first-order valence-corrected chi connectivity index (χ1v) is 5.86. The van der Waals surface area contributed by atoms with Crippen molar-refractivity contribution in [2.45, 2.75) is 13.0 Å². The number of hydrogen-bond acceptors (Lipinski definition) is 2. The zero-order valence-corrected chi connectivity index (χ0v) is 10.5. The highest BCUT2D eigenvalue weighted by Gasteiger charge is 2.09. The van der Waals surface area contributed by atoms with Crippen LogP contribution in [0.4, 0.5) is 15.8 Å². The maximum Gasteiger partial charge on any atom is 0.146 e. The highest BCUT2D eigenvalue weighted by molar-refractivity contribution is 5.63. The first kappa shape index (κ1) is 12.6. The Morgan fingerprint density at radius 2 is 1.67 bits per heavy atom. The first-order chi connectivity index (χ1) is 8.59. The molecule has 18 heavy (non-hydrogen) atoms. The van der Waals surface area contributed by atoms with Crippen molar-refractivity contribution in [2.24, 2.45) is 0 Å². The fraction of sp³-hybridized carbons (Fsp3) is 0.200. The Morgan fingerprint density at radius 1 is 1.06 bits per heavy atom. The summed E-state index contributed by atoms with van der Waals surface area (Å²) in [4.78, 5) is 1.78. The average molecular weight is 245 g/mol. The number of anilines is 2. The van der Waals surface area contributed by atoms with E-state index in [4.69, 9.17) is 0 Å². The van der Waals surface area contributed by atoms with E-state index in [1.54, 1.807) is 30.0 Å². The van der Waals surface area contributed by atoms with Crippen molar-refractivity contribution in [2.75, 3.05) is 11.9 Å². The first-order valence-electron chi connectivity index (χ1n) is 5.86. The number of para-hydroxylation sites is 1. The summed E-state index contributed by atoms with van der Waals surface area (Å²) in [6.07, 6.45) is -0.488. The summed E-state index contributed by atoms with van der Waals surface area (Å²) in [7, 11) is 1.82. The SMILES string of the molecule is C[C@H](O)c1ccc(N(C)c2ccccc2F)cc1. The van der Waals surface area contributed by atoms with Crippen LogP contribution in [0.5, 0.6) is 0 Å². The van der Waals surface area contributed by atoms with Gasteiger partial charge < -0.3 is 10.0 Å². The smallest absolute Gasteiger partial charge is 0.146 e. The average Bonchev–Trinajstić information content (AvgIpc) is 2.38. The van der Waals surface area contributed by atoms with E-state index in [1.807, 2.05) is 31.3 Å². The minimum atomic E-state index is -0.488. The zero-order valence-electron chi connectivity index (χ0n) is 10.5. The van der Waals surface area contributed by atoms with E-state index in [0.29, 0.717) is 5.69 Å². The molecule has 0 spiro atoms. The molecule has 1 N–H and O–H groups in total. The number of aliphatic hydroxyl groups excluding tert-OH is 1. The number of halogens is 1. The van der Waals surface area contributed by atoms with Gasteiger partial charge in [0.25, 0.3) is 0 Å². The third-order valence-electron chi connectivity index (χ3n) is 2.98. The van der Waals surface area contributed by atoms with Crippen molar-refractivity contribution in [3.63, 3.8) is 0 Å².